The Morgan fingerprint density at radius 1 is 1.00 bits per heavy atom. The van der Waals surface area contributed by atoms with Crippen LogP contribution < -0.4 is 10.2 Å². The highest BCUT2D eigenvalue weighted by atomic mass is 16.2. The van der Waals surface area contributed by atoms with Gasteiger partial charge in [0.1, 0.15) is 0 Å². The Balaban J connectivity index is 1.40. The smallest absolute Gasteiger partial charge is 0.225 e. The van der Waals surface area contributed by atoms with Gasteiger partial charge in [-0.1, -0.05) is 42.7 Å². The molecule has 1 saturated heterocycles. The van der Waals surface area contributed by atoms with Gasteiger partial charge in [-0.05, 0) is 38.2 Å². The number of amides is 1. The summed E-state index contributed by atoms with van der Waals surface area (Å²) in [5.74, 6) is 0.979. The lowest BCUT2D eigenvalue weighted by Crippen LogP contribution is -2.45. The summed E-state index contributed by atoms with van der Waals surface area (Å²) in [7, 11) is 0. The summed E-state index contributed by atoms with van der Waals surface area (Å²) >= 11 is 0. The molecule has 0 radical (unpaired) electrons. The molecule has 1 saturated carbocycles. The first-order valence-corrected chi connectivity index (χ1v) is 10.1. The summed E-state index contributed by atoms with van der Waals surface area (Å²) in [6.07, 6.45) is 10.5. The zero-order valence-corrected chi connectivity index (χ0v) is 16.0. The van der Waals surface area contributed by atoms with Gasteiger partial charge in [0.15, 0.2) is 0 Å². The number of carbonyl (C=O) groups excluding carboxylic acids is 1. The van der Waals surface area contributed by atoms with Crippen molar-refractivity contribution in [3.8, 4) is 11.1 Å². The van der Waals surface area contributed by atoms with Crippen LogP contribution in [0.15, 0.2) is 36.7 Å². The average molecular weight is 364 g/mol. The van der Waals surface area contributed by atoms with E-state index in [-0.39, 0.29) is 11.8 Å². The first-order chi connectivity index (χ1) is 13.2. The Kier molecular flexibility index (Phi) is 5.37. The van der Waals surface area contributed by atoms with Crippen molar-refractivity contribution in [3.63, 3.8) is 0 Å². The highest BCUT2D eigenvalue weighted by molar-refractivity contribution is 5.79. The molecule has 2 aliphatic rings. The average Bonchev–Trinajstić information content (AvgIpc) is 3.22. The van der Waals surface area contributed by atoms with Crippen LogP contribution in [0.3, 0.4) is 0 Å². The van der Waals surface area contributed by atoms with E-state index >= 15 is 0 Å². The van der Waals surface area contributed by atoms with Crippen LogP contribution in [-0.2, 0) is 4.79 Å². The molecule has 142 valence electrons. The molecule has 1 atom stereocenters. The maximum absolute atomic E-state index is 12.6. The lowest BCUT2D eigenvalue weighted by atomic mass is 9.97. The van der Waals surface area contributed by atoms with Crippen molar-refractivity contribution in [1.29, 1.82) is 0 Å². The zero-order chi connectivity index (χ0) is 18.6. The van der Waals surface area contributed by atoms with Gasteiger partial charge in [0.2, 0.25) is 11.9 Å². The fraction of sp³-hybridized carbons (Fsp3) is 0.500. The second kappa shape index (κ2) is 8.07. The van der Waals surface area contributed by atoms with E-state index < -0.39 is 0 Å². The first kappa shape index (κ1) is 18.0. The third-order valence-corrected chi connectivity index (χ3v) is 5.80. The molecule has 5 nitrogen and oxygen atoms in total. The van der Waals surface area contributed by atoms with Crippen LogP contribution in [0.5, 0.6) is 0 Å². The Morgan fingerprint density at radius 2 is 1.70 bits per heavy atom. The van der Waals surface area contributed by atoms with E-state index in [1.54, 1.807) is 0 Å². The number of rotatable bonds is 4. The largest absolute Gasteiger partial charge is 0.353 e. The Hall–Kier alpha value is -2.43. The Bertz CT molecular complexity index is 766. The molecule has 5 heteroatoms. The van der Waals surface area contributed by atoms with Gasteiger partial charge >= 0.3 is 0 Å². The number of aromatic nitrogens is 2. The fourth-order valence-corrected chi connectivity index (χ4v) is 4.14. The molecule has 0 bridgehead atoms. The summed E-state index contributed by atoms with van der Waals surface area (Å²) < 4.78 is 0. The molecular formula is C22H28N4O. The molecular weight excluding hydrogens is 336 g/mol. The van der Waals surface area contributed by atoms with Crippen molar-refractivity contribution >= 4 is 11.9 Å². The van der Waals surface area contributed by atoms with Gasteiger partial charge < -0.3 is 10.2 Å². The van der Waals surface area contributed by atoms with Gasteiger partial charge in [0.05, 0.1) is 5.92 Å². The number of piperidine rings is 1. The topological polar surface area (TPSA) is 58.1 Å². The molecule has 1 aromatic heterocycles. The minimum absolute atomic E-state index is 0.0414. The molecule has 27 heavy (non-hydrogen) atoms. The molecule has 0 unspecified atom stereocenters. The highest BCUT2D eigenvalue weighted by Crippen LogP contribution is 2.24. The standard InChI is InChI=1S/C22H28N4O/c1-16-8-10-17(11-9-16)19-13-23-22(24-14-19)26-12-4-5-18(15-26)21(27)25-20-6-2-3-7-20/h8-11,13-14,18,20H,2-7,12,15H2,1H3,(H,25,27)/t18-/m0/s1. The fourth-order valence-electron chi connectivity index (χ4n) is 4.14. The highest BCUT2D eigenvalue weighted by Gasteiger charge is 2.29. The number of benzene rings is 1. The molecule has 2 aromatic rings. The third-order valence-electron chi connectivity index (χ3n) is 5.80. The second-order valence-electron chi connectivity index (χ2n) is 7.91. The van der Waals surface area contributed by atoms with E-state index in [2.05, 4.69) is 51.4 Å². The van der Waals surface area contributed by atoms with Crippen LogP contribution in [-0.4, -0.2) is 35.0 Å². The minimum atomic E-state index is 0.0414. The number of hydrogen-bond donors (Lipinski definition) is 1. The maximum Gasteiger partial charge on any atom is 0.225 e. The number of hydrogen-bond acceptors (Lipinski definition) is 4. The third kappa shape index (κ3) is 4.29. The van der Waals surface area contributed by atoms with Crippen LogP contribution in [0.2, 0.25) is 0 Å². The van der Waals surface area contributed by atoms with Gasteiger partial charge in [-0.3, -0.25) is 4.79 Å². The van der Waals surface area contributed by atoms with Crippen molar-refractivity contribution < 1.29 is 4.79 Å². The van der Waals surface area contributed by atoms with Gasteiger partial charge in [-0.2, -0.15) is 0 Å². The Morgan fingerprint density at radius 3 is 2.41 bits per heavy atom. The lowest BCUT2D eigenvalue weighted by molar-refractivity contribution is -0.125. The zero-order valence-electron chi connectivity index (χ0n) is 16.0. The van der Waals surface area contributed by atoms with Crippen molar-refractivity contribution in [1.82, 2.24) is 15.3 Å². The molecule has 2 heterocycles. The first-order valence-electron chi connectivity index (χ1n) is 10.1. The second-order valence-corrected chi connectivity index (χ2v) is 7.91. The van der Waals surface area contributed by atoms with Crippen LogP contribution in [0, 0.1) is 12.8 Å². The molecule has 1 aliphatic carbocycles. The molecule has 1 N–H and O–H groups in total. The lowest BCUT2D eigenvalue weighted by Gasteiger charge is -2.32. The summed E-state index contributed by atoms with van der Waals surface area (Å²) in [5.41, 5.74) is 3.39. The van der Waals surface area contributed by atoms with E-state index in [0.29, 0.717) is 12.6 Å². The normalized spacial score (nSPS) is 20.6. The summed E-state index contributed by atoms with van der Waals surface area (Å²) in [5, 5.41) is 3.25. The maximum atomic E-state index is 12.6. The molecule has 1 aromatic carbocycles. The van der Waals surface area contributed by atoms with Gasteiger partial charge in [-0.25, -0.2) is 9.97 Å². The predicted octanol–water partition coefficient (Wildman–Crippen LogP) is 3.73. The number of nitrogens with one attached hydrogen (secondary N) is 1. The summed E-state index contributed by atoms with van der Waals surface area (Å²) in [6, 6.07) is 8.77. The van der Waals surface area contributed by atoms with E-state index in [9.17, 15) is 4.79 Å². The van der Waals surface area contributed by atoms with E-state index in [1.807, 2.05) is 12.4 Å². The van der Waals surface area contributed by atoms with Crippen LogP contribution in [0.25, 0.3) is 11.1 Å². The van der Waals surface area contributed by atoms with E-state index in [1.165, 1.54) is 18.4 Å². The van der Waals surface area contributed by atoms with Crippen LogP contribution in [0.1, 0.15) is 44.1 Å². The van der Waals surface area contributed by atoms with Crippen molar-refractivity contribution in [2.24, 2.45) is 5.92 Å². The monoisotopic (exact) mass is 364 g/mol. The molecule has 4 rings (SSSR count). The van der Waals surface area contributed by atoms with Crippen molar-refractivity contribution in [2.45, 2.75) is 51.5 Å². The van der Waals surface area contributed by atoms with E-state index in [0.717, 1.165) is 49.3 Å². The molecule has 0 spiro atoms. The molecule has 1 aliphatic heterocycles. The number of carbonyl (C=O) groups is 1. The predicted molar refractivity (Wildman–Crippen MR) is 108 cm³/mol. The van der Waals surface area contributed by atoms with Crippen LogP contribution in [0.4, 0.5) is 5.95 Å². The molecule has 1 amide bonds. The van der Waals surface area contributed by atoms with Crippen molar-refractivity contribution in [3.05, 3.63) is 42.2 Å². The van der Waals surface area contributed by atoms with Crippen molar-refractivity contribution in [2.75, 3.05) is 18.0 Å². The molecule has 2 fully saturated rings. The van der Waals surface area contributed by atoms with Crippen LogP contribution >= 0.6 is 0 Å². The number of anilines is 1. The number of nitrogens with zero attached hydrogens (tertiary/aromatic N) is 3. The van der Waals surface area contributed by atoms with Gasteiger partial charge in [-0.15, -0.1) is 0 Å². The quantitative estimate of drug-likeness (QED) is 0.898. The SMILES string of the molecule is Cc1ccc(-c2cnc(N3CCC[C@H](C(=O)NC4CCCC4)C3)nc2)cc1. The summed E-state index contributed by atoms with van der Waals surface area (Å²) in [4.78, 5) is 23.9. The Labute approximate surface area is 161 Å². The number of aryl methyl sites for hydroxylation is 1. The van der Waals surface area contributed by atoms with Gasteiger partial charge in [0.25, 0.3) is 0 Å². The van der Waals surface area contributed by atoms with E-state index in [4.69, 9.17) is 0 Å². The summed E-state index contributed by atoms with van der Waals surface area (Å²) in [6.45, 7) is 3.71. The minimum Gasteiger partial charge on any atom is -0.353 e. The van der Waals surface area contributed by atoms with Gasteiger partial charge in [0, 0.05) is 37.1 Å².